The summed E-state index contributed by atoms with van der Waals surface area (Å²) in [6.45, 7) is 0. The van der Waals surface area contributed by atoms with Crippen LogP contribution in [0.25, 0.3) is 0 Å². The Morgan fingerprint density at radius 1 is 1.25 bits per heavy atom. The van der Waals surface area contributed by atoms with Crippen molar-refractivity contribution in [3.05, 3.63) is 18.1 Å². The molecule has 1 fully saturated rings. The van der Waals surface area contributed by atoms with Gasteiger partial charge in [0.2, 0.25) is 10.0 Å². The summed E-state index contributed by atoms with van der Waals surface area (Å²) >= 11 is 0. The van der Waals surface area contributed by atoms with Crippen molar-refractivity contribution in [3.8, 4) is 0 Å². The van der Waals surface area contributed by atoms with Crippen molar-refractivity contribution >= 4 is 21.8 Å². The van der Waals surface area contributed by atoms with Gasteiger partial charge in [-0.25, -0.2) is 23.2 Å². The average Bonchev–Trinajstić information content (AvgIpc) is 2.39. The molecule has 0 radical (unpaired) electrons. The lowest BCUT2D eigenvalue weighted by atomic mass is 9.91. The molecule has 7 nitrogen and oxygen atoms in total. The van der Waals surface area contributed by atoms with Crippen molar-refractivity contribution in [1.82, 2.24) is 9.97 Å². The number of carbonyl (C=O) groups is 1. The van der Waals surface area contributed by atoms with Gasteiger partial charge in [0.05, 0.1) is 5.75 Å². The number of carboxylic acid groups (broad SMARTS) is 1. The van der Waals surface area contributed by atoms with Gasteiger partial charge in [-0.2, -0.15) is 0 Å². The van der Waals surface area contributed by atoms with E-state index in [1.165, 1.54) is 12.4 Å². The molecular weight excluding hydrogens is 282 g/mol. The molecule has 8 heteroatoms. The van der Waals surface area contributed by atoms with Gasteiger partial charge in [0.15, 0.2) is 11.5 Å². The largest absolute Gasteiger partial charge is 0.476 e. The van der Waals surface area contributed by atoms with Gasteiger partial charge in [0, 0.05) is 12.4 Å². The maximum Gasteiger partial charge on any atom is 0.358 e. The van der Waals surface area contributed by atoms with Crippen molar-refractivity contribution in [2.24, 2.45) is 5.92 Å². The number of anilines is 1. The lowest BCUT2D eigenvalue weighted by molar-refractivity contribution is 0.0691. The van der Waals surface area contributed by atoms with Crippen LogP contribution in [0.1, 0.15) is 42.6 Å². The Balaban J connectivity index is 2.10. The number of nitrogens with one attached hydrogen (secondary N) is 1. The van der Waals surface area contributed by atoms with Crippen LogP contribution in [-0.4, -0.2) is 35.2 Å². The van der Waals surface area contributed by atoms with E-state index in [1.807, 2.05) is 0 Å². The lowest BCUT2D eigenvalue weighted by Crippen LogP contribution is -2.25. The fourth-order valence-corrected chi connectivity index (χ4v) is 3.90. The first-order chi connectivity index (χ1) is 9.48. The zero-order valence-electron chi connectivity index (χ0n) is 10.9. The number of aromatic carboxylic acids is 1. The van der Waals surface area contributed by atoms with Gasteiger partial charge < -0.3 is 5.11 Å². The van der Waals surface area contributed by atoms with Crippen molar-refractivity contribution in [2.75, 3.05) is 10.5 Å². The van der Waals surface area contributed by atoms with Crippen molar-refractivity contribution in [1.29, 1.82) is 0 Å². The zero-order chi connectivity index (χ0) is 14.6. The number of hydrogen-bond donors (Lipinski definition) is 2. The smallest absolute Gasteiger partial charge is 0.358 e. The first kappa shape index (κ1) is 14.7. The Bertz CT molecular complexity index is 582. The zero-order valence-corrected chi connectivity index (χ0v) is 11.8. The third kappa shape index (κ3) is 3.89. The van der Waals surface area contributed by atoms with Crippen LogP contribution in [0, 0.1) is 5.92 Å². The quantitative estimate of drug-likeness (QED) is 0.852. The van der Waals surface area contributed by atoms with Gasteiger partial charge in [0.25, 0.3) is 0 Å². The molecule has 20 heavy (non-hydrogen) atoms. The van der Waals surface area contributed by atoms with Crippen molar-refractivity contribution in [3.63, 3.8) is 0 Å². The second kappa shape index (κ2) is 6.17. The van der Waals surface area contributed by atoms with E-state index in [0.717, 1.165) is 32.1 Å². The summed E-state index contributed by atoms with van der Waals surface area (Å²) in [6.07, 6.45) is 7.50. The Kier molecular flexibility index (Phi) is 4.53. The average molecular weight is 299 g/mol. The molecule has 2 rings (SSSR count). The molecule has 1 aromatic heterocycles. The molecule has 0 atom stereocenters. The maximum atomic E-state index is 12.1. The Morgan fingerprint density at radius 3 is 2.55 bits per heavy atom. The topological polar surface area (TPSA) is 109 Å². The van der Waals surface area contributed by atoms with Crippen LogP contribution >= 0.6 is 0 Å². The van der Waals surface area contributed by atoms with Crippen LogP contribution in [0.2, 0.25) is 0 Å². The van der Waals surface area contributed by atoms with Crippen molar-refractivity contribution < 1.29 is 18.3 Å². The van der Waals surface area contributed by atoms with E-state index >= 15 is 0 Å². The van der Waals surface area contributed by atoms with E-state index in [9.17, 15) is 13.2 Å². The maximum absolute atomic E-state index is 12.1. The molecule has 0 aliphatic heterocycles. The molecule has 1 heterocycles. The summed E-state index contributed by atoms with van der Waals surface area (Å²) in [5.41, 5.74) is -0.389. The summed E-state index contributed by atoms with van der Waals surface area (Å²) in [5.74, 6) is -1.40. The van der Waals surface area contributed by atoms with E-state index in [4.69, 9.17) is 5.11 Å². The van der Waals surface area contributed by atoms with E-state index in [2.05, 4.69) is 14.7 Å². The highest BCUT2D eigenvalue weighted by molar-refractivity contribution is 7.92. The fourth-order valence-electron chi connectivity index (χ4n) is 2.42. The molecule has 0 aromatic carbocycles. The summed E-state index contributed by atoms with van der Waals surface area (Å²) in [4.78, 5) is 18.3. The van der Waals surface area contributed by atoms with E-state index in [-0.39, 0.29) is 23.2 Å². The highest BCUT2D eigenvalue weighted by atomic mass is 32.2. The Hall–Kier alpha value is -1.70. The second-order valence-electron chi connectivity index (χ2n) is 4.95. The normalized spacial score (nSPS) is 16.8. The first-order valence-electron chi connectivity index (χ1n) is 6.53. The monoisotopic (exact) mass is 299 g/mol. The molecule has 1 aliphatic rings. The van der Waals surface area contributed by atoms with Gasteiger partial charge in [0.1, 0.15) is 0 Å². The summed E-state index contributed by atoms with van der Waals surface area (Å²) in [7, 11) is -3.61. The highest BCUT2D eigenvalue weighted by Gasteiger charge is 2.23. The predicted octanol–water partition coefficient (Wildman–Crippen LogP) is 1.50. The van der Waals surface area contributed by atoms with Gasteiger partial charge in [-0.15, -0.1) is 0 Å². The van der Waals surface area contributed by atoms with Gasteiger partial charge in [-0.1, -0.05) is 19.3 Å². The molecular formula is C12H17N3O4S. The minimum atomic E-state index is -3.61. The SMILES string of the molecule is O=C(O)c1nccnc1NS(=O)(=O)CC1CCCCC1. The van der Waals surface area contributed by atoms with Crippen LogP contribution in [-0.2, 0) is 10.0 Å². The van der Waals surface area contributed by atoms with Gasteiger partial charge >= 0.3 is 5.97 Å². The standard InChI is InChI=1S/C12H17N3O4S/c16-12(17)10-11(14-7-6-13-10)15-20(18,19)8-9-4-2-1-3-5-9/h6-7,9H,1-5,8H2,(H,14,15)(H,16,17). The molecule has 0 spiro atoms. The van der Waals surface area contributed by atoms with E-state index in [1.54, 1.807) is 0 Å². The number of nitrogens with zero attached hydrogens (tertiary/aromatic N) is 2. The lowest BCUT2D eigenvalue weighted by Gasteiger charge is -2.21. The van der Waals surface area contributed by atoms with Gasteiger partial charge in [-0.3, -0.25) is 4.72 Å². The molecule has 0 unspecified atom stereocenters. The number of sulfonamides is 1. The van der Waals surface area contributed by atoms with E-state index in [0.29, 0.717) is 0 Å². The molecule has 1 aromatic rings. The Morgan fingerprint density at radius 2 is 1.90 bits per heavy atom. The first-order valence-corrected chi connectivity index (χ1v) is 8.18. The molecule has 1 saturated carbocycles. The molecule has 0 saturated heterocycles. The third-order valence-corrected chi connectivity index (χ3v) is 4.75. The molecule has 1 aliphatic carbocycles. The summed E-state index contributed by atoms with van der Waals surface area (Å²) < 4.78 is 26.4. The molecule has 2 N–H and O–H groups in total. The summed E-state index contributed by atoms with van der Waals surface area (Å²) in [5, 5.41) is 8.95. The fraction of sp³-hybridized carbons (Fsp3) is 0.583. The van der Waals surface area contributed by atoms with Crippen LogP contribution in [0.5, 0.6) is 0 Å². The van der Waals surface area contributed by atoms with Crippen LogP contribution in [0.4, 0.5) is 5.82 Å². The minimum Gasteiger partial charge on any atom is -0.476 e. The van der Waals surface area contributed by atoms with Crippen molar-refractivity contribution in [2.45, 2.75) is 32.1 Å². The number of carboxylic acids is 1. The Labute approximate surface area is 117 Å². The van der Waals surface area contributed by atoms with Crippen LogP contribution in [0.15, 0.2) is 12.4 Å². The van der Waals surface area contributed by atoms with Gasteiger partial charge in [-0.05, 0) is 18.8 Å². The van der Waals surface area contributed by atoms with Crippen LogP contribution in [0.3, 0.4) is 0 Å². The molecule has 110 valence electrons. The highest BCUT2D eigenvalue weighted by Crippen LogP contribution is 2.25. The number of hydrogen-bond acceptors (Lipinski definition) is 5. The molecule has 0 amide bonds. The van der Waals surface area contributed by atoms with E-state index < -0.39 is 16.0 Å². The van der Waals surface area contributed by atoms with Crippen LogP contribution < -0.4 is 4.72 Å². The number of aromatic nitrogens is 2. The summed E-state index contributed by atoms with van der Waals surface area (Å²) in [6, 6.07) is 0. The third-order valence-electron chi connectivity index (χ3n) is 3.33. The number of rotatable bonds is 5. The molecule has 0 bridgehead atoms. The predicted molar refractivity (Wildman–Crippen MR) is 73.0 cm³/mol. The minimum absolute atomic E-state index is 0.00261. The second-order valence-corrected chi connectivity index (χ2v) is 6.71.